The molecule has 0 aliphatic carbocycles. The Morgan fingerprint density at radius 3 is 2.43 bits per heavy atom. The Bertz CT molecular complexity index is 710. The first-order valence-electron chi connectivity index (χ1n) is 6.78. The summed E-state index contributed by atoms with van der Waals surface area (Å²) in [5, 5.41) is 4.18. The highest BCUT2D eigenvalue weighted by Gasteiger charge is 2.28. The Labute approximate surface area is 135 Å². The highest BCUT2D eigenvalue weighted by atomic mass is 32.1. The summed E-state index contributed by atoms with van der Waals surface area (Å²) in [5.74, 6) is -4.32. The normalized spacial score (nSPS) is 12.7. The predicted molar refractivity (Wildman–Crippen MR) is 85.4 cm³/mol. The zero-order valence-electron chi connectivity index (χ0n) is 12.8. The van der Waals surface area contributed by atoms with Gasteiger partial charge in [0.2, 0.25) is 0 Å². The van der Waals surface area contributed by atoms with Crippen molar-refractivity contribution in [2.45, 2.75) is 25.7 Å². The number of halogens is 2. The van der Waals surface area contributed by atoms with Crippen molar-refractivity contribution in [3.05, 3.63) is 45.8 Å². The van der Waals surface area contributed by atoms with Gasteiger partial charge in [0.25, 0.3) is 11.8 Å². The van der Waals surface area contributed by atoms with Crippen LogP contribution in [0.25, 0.3) is 0 Å². The Hall–Kier alpha value is -2.22. The van der Waals surface area contributed by atoms with Crippen molar-refractivity contribution in [3.63, 3.8) is 0 Å². The van der Waals surface area contributed by atoms with Crippen molar-refractivity contribution in [2.75, 3.05) is 11.9 Å². The van der Waals surface area contributed by atoms with Gasteiger partial charge < -0.3 is 4.90 Å². The van der Waals surface area contributed by atoms with Crippen LogP contribution in [0, 0.1) is 4.91 Å². The first-order valence-corrected chi connectivity index (χ1v) is 7.66. The van der Waals surface area contributed by atoms with Crippen LogP contribution in [0.15, 0.2) is 34.8 Å². The molecule has 122 valence electrons. The number of hydrogen-bond donors (Lipinski definition) is 0. The number of amides is 1. The number of carbonyl (C=O) groups excluding carboxylic acids is 1. The molecule has 0 saturated heterocycles. The first-order chi connectivity index (χ1) is 10.7. The molecule has 1 aromatic heterocycles. The Morgan fingerprint density at radius 1 is 1.35 bits per heavy atom. The lowest BCUT2D eigenvalue weighted by molar-refractivity contribution is -0.119. The molecule has 0 radical (unpaired) electrons. The molecule has 0 unspecified atom stereocenters. The van der Waals surface area contributed by atoms with Crippen LogP contribution < -0.4 is 4.90 Å². The topological polar surface area (TPSA) is 62.6 Å². The monoisotopic (exact) mass is 339 g/mol. The number of alkyl halides is 2. The van der Waals surface area contributed by atoms with Crippen molar-refractivity contribution < 1.29 is 13.6 Å². The molecule has 1 heterocycles. The fraction of sp³-hybridized carbons (Fsp3) is 0.333. The van der Waals surface area contributed by atoms with Gasteiger partial charge in [-0.2, -0.15) is 8.78 Å². The van der Waals surface area contributed by atoms with Crippen LogP contribution in [0.1, 0.15) is 31.0 Å². The van der Waals surface area contributed by atoms with Crippen LogP contribution in [0.2, 0.25) is 0 Å². The van der Waals surface area contributed by atoms with Gasteiger partial charge >= 0.3 is 0 Å². The van der Waals surface area contributed by atoms with Gasteiger partial charge in [-0.05, 0) is 24.6 Å². The Morgan fingerprint density at radius 2 is 1.96 bits per heavy atom. The number of anilines is 2. The molecule has 23 heavy (non-hydrogen) atoms. The standard InChI is InChI=1S/C15H15F2N3O2S/c1-9(13(21)19-22)10-4-6-11(7-5-10)20(3)14-18-12(8-23-14)15(2,16)17/h4-9H,1-3H3/t9-/m0/s1. The smallest absolute Gasteiger partial charge is 0.293 e. The van der Waals surface area contributed by atoms with Gasteiger partial charge in [0.15, 0.2) is 5.13 Å². The number of nitroso groups, excluding NO2 is 1. The summed E-state index contributed by atoms with van der Waals surface area (Å²) in [4.78, 5) is 27.2. The maximum atomic E-state index is 13.2. The number of hydrogen-bond acceptors (Lipinski definition) is 5. The van der Waals surface area contributed by atoms with Crippen molar-refractivity contribution in [2.24, 2.45) is 5.18 Å². The van der Waals surface area contributed by atoms with Crippen molar-refractivity contribution in [1.29, 1.82) is 0 Å². The number of aromatic nitrogens is 1. The molecule has 0 bridgehead atoms. The zero-order chi connectivity index (χ0) is 17.2. The van der Waals surface area contributed by atoms with E-state index < -0.39 is 17.7 Å². The summed E-state index contributed by atoms with van der Waals surface area (Å²) in [5.41, 5.74) is 1.12. The number of nitrogens with zero attached hydrogens (tertiary/aromatic N) is 3. The molecular formula is C15H15F2N3O2S. The highest BCUT2D eigenvalue weighted by Crippen LogP contribution is 2.33. The summed E-state index contributed by atoms with van der Waals surface area (Å²) in [6.07, 6.45) is 0. The van der Waals surface area contributed by atoms with Crippen molar-refractivity contribution >= 4 is 28.1 Å². The molecule has 0 spiro atoms. The fourth-order valence-electron chi connectivity index (χ4n) is 1.94. The average molecular weight is 339 g/mol. The molecule has 0 aliphatic rings. The Kier molecular flexibility index (Phi) is 4.84. The minimum atomic E-state index is -2.98. The fourth-order valence-corrected chi connectivity index (χ4v) is 2.83. The van der Waals surface area contributed by atoms with Crippen LogP contribution >= 0.6 is 11.3 Å². The number of carbonyl (C=O) groups is 1. The summed E-state index contributed by atoms with van der Waals surface area (Å²) in [6, 6.07) is 6.86. The summed E-state index contributed by atoms with van der Waals surface area (Å²) < 4.78 is 26.5. The maximum Gasteiger partial charge on any atom is 0.293 e. The van der Waals surface area contributed by atoms with Gasteiger partial charge in [0.1, 0.15) is 5.69 Å². The van der Waals surface area contributed by atoms with E-state index >= 15 is 0 Å². The molecule has 0 N–H and O–H groups in total. The summed E-state index contributed by atoms with van der Waals surface area (Å²) in [7, 11) is 1.72. The molecule has 5 nitrogen and oxygen atoms in total. The molecular weight excluding hydrogens is 324 g/mol. The second kappa shape index (κ2) is 6.49. The quantitative estimate of drug-likeness (QED) is 0.757. The van der Waals surface area contributed by atoms with Crippen LogP contribution in [0.4, 0.5) is 19.6 Å². The van der Waals surface area contributed by atoms with E-state index in [1.54, 1.807) is 43.1 Å². The average Bonchev–Trinajstić information content (AvgIpc) is 3.03. The van der Waals surface area contributed by atoms with E-state index in [0.717, 1.165) is 23.9 Å². The van der Waals surface area contributed by atoms with Gasteiger partial charge in [0.05, 0.1) is 5.92 Å². The molecule has 8 heteroatoms. The first kappa shape index (κ1) is 17.1. The SMILES string of the molecule is C[C@H](C(=O)N=O)c1ccc(N(C)c2nc(C(C)(F)F)cs2)cc1. The van der Waals surface area contributed by atoms with E-state index in [9.17, 15) is 18.5 Å². The molecule has 2 aromatic rings. The Balaban J connectivity index is 2.20. The largest absolute Gasteiger partial charge is 0.321 e. The van der Waals surface area contributed by atoms with Crippen LogP contribution in [-0.2, 0) is 10.7 Å². The third kappa shape index (κ3) is 3.76. The molecule has 2 rings (SSSR count). The second-order valence-corrected chi connectivity index (χ2v) is 6.04. The van der Waals surface area contributed by atoms with E-state index in [1.807, 2.05) is 0 Å². The second-order valence-electron chi connectivity index (χ2n) is 5.21. The highest BCUT2D eigenvalue weighted by molar-refractivity contribution is 7.13. The van der Waals surface area contributed by atoms with Crippen LogP contribution in [0.5, 0.6) is 0 Å². The van der Waals surface area contributed by atoms with E-state index in [0.29, 0.717) is 10.7 Å². The van der Waals surface area contributed by atoms with Gasteiger partial charge in [-0.1, -0.05) is 12.1 Å². The van der Waals surface area contributed by atoms with Gasteiger partial charge in [-0.3, -0.25) is 4.79 Å². The van der Waals surface area contributed by atoms with Gasteiger partial charge in [-0.15, -0.1) is 16.2 Å². The molecule has 1 atom stereocenters. The van der Waals surface area contributed by atoms with Gasteiger partial charge in [0, 0.05) is 30.2 Å². The third-order valence-electron chi connectivity index (χ3n) is 3.47. The molecule has 1 aromatic carbocycles. The zero-order valence-corrected chi connectivity index (χ0v) is 13.6. The van der Waals surface area contributed by atoms with Crippen molar-refractivity contribution in [3.8, 4) is 0 Å². The number of benzene rings is 1. The van der Waals surface area contributed by atoms with Crippen LogP contribution in [-0.4, -0.2) is 17.9 Å². The molecule has 0 saturated carbocycles. The van der Waals surface area contributed by atoms with Crippen molar-refractivity contribution in [1.82, 2.24) is 4.98 Å². The predicted octanol–water partition coefficient (Wildman–Crippen LogP) is 4.42. The van der Waals surface area contributed by atoms with E-state index in [2.05, 4.69) is 10.2 Å². The molecule has 0 aliphatic heterocycles. The van der Waals surface area contributed by atoms with E-state index in [1.165, 1.54) is 5.38 Å². The maximum absolute atomic E-state index is 13.2. The lowest BCUT2D eigenvalue weighted by atomic mass is 10.0. The minimum Gasteiger partial charge on any atom is -0.321 e. The van der Waals surface area contributed by atoms with Crippen LogP contribution in [0.3, 0.4) is 0 Å². The molecule has 0 fully saturated rings. The lowest BCUT2D eigenvalue weighted by Gasteiger charge is -2.17. The van der Waals surface area contributed by atoms with E-state index in [4.69, 9.17) is 0 Å². The number of thiazole rings is 1. The summed E-state index contributed by atoms with van der Waals surface area (Å²) >= 11 is 1.12. The minimum absolute atomic E-state index is 0.266. The lowest BCUT2D eigenvalue weighted by Crippen LogP contribution is -2.12. The molecule has 1 amide bonds. The van der Waals surface area contributed by atoms with E-state index in [-0.39, 0.29) is 5.69 Å². The third-order valence-corrected chi connectivity index (χ3v) is 4.39. The number of rotatable bonds is 5. The summed E-state index contributed by atoms with van der Waals surface area (Å²) in [6.45, 7) is 2.40. The van der Waals surface area contributed by atoms with Gasteiger partial charge in [-0.25, -0.2) is 4.98 Å².